The van der Waals surface area contributed by atoms with Gasteiger partial charge in [-0.05, 0) is 30.9 Å². The summed E-state index contributed by atoms with van der Waals surface area (Å²) in [6.45, 7) is 0. The lowest BCUT2D eigenvalue weighted by atomic mass is 9.81. The van der Waals surface area contributed by atoms with Gasteiger partial charge in [0.25, 0.3) is 0 Å². The summed E-state index contributed by atoms with van der Waals surface area (Å²) in [4.78, 5) is 0. The van der Waals surface area contributed by atoms with Gasteiger partial charge in [0.2, 0.25) is 0 Å². The zero-order valence-electron chi connectivity index (χ0n) is 11.1. The van der Waals surface area contributed by atoms with E-state index in [4.69, 9.17) is 10.5 Å². The summed E-state index contributed by atoms with van der Waals surface area (Å²) in [5.41, 5.74) is 7.11. The topological polar surface area (TPSA) is 55.5 Å². The number of hydrogen-bond acceptors (Lipinski definition) is 3. The number of ether oxygens (including phenoxy) is 1. The van der Waals surface area contributed by atoms with Crippen molar-refractivity contribution in [2.75, 3.05) is 7.11 Å². The number of halogens is 2. The molecule has 0 amide bonds. The fraction of sp³-hybridized carbons (Fsp3) is 0.571. The van der Waals surface area contributed by atoms with Gasteiger partial charge in [0.1, 0.15) is 0 Å². The molecule has 1 aromatic carbocycles. The van der Waals surface area contributed by atoms with Crippen LogP contribution in [0.25, 0.3) is 0 Å². The minimum Gasteiger partial charge on any atom is -0.504 e. The predicted molar refractivity (Wildman–Crippen MR) is 83.1 cm³/mol. The Balaban J connectivity index is 0.00000180. The molecule has 1 aliphatic carbocycles. The number of hydrogen-bond donors (Lipinski definition) is 2. The smallest absolute Gasteiger partial charge is 0.162 e. The SMILES string of the molecule is COc1cc(Br)cc([C@H](N)C2CCCCC2)c1O.Cl. The van der Waals surface area contributed by atoms with Gasteiger partial charge in [-0.2, -0.15) is 0 Å². The molecule has 5 heteroatoms. The second kappa shape index (κ2) is 7.36. The third-order valence-corrected chi connectivity index (χ3v) is 4.26. The first kappa shape index (κ1) is 16.6. The van der Waals surface area contributed by atoms with Gasteiger partial charge < -0.3 is 15.6 Å². The number of rotatable bonds is 3. The van der Waals surface area contributed by atoms with Crippen molar-refractivity contribution in [3.8, 4) is 11.5 Å². The first-order valence-electron chi connectivity index (χ1n) is 6.45. The Hall–Kier alpha value is -0.450. The predicted octanol–water partition coefficient (Wildman–Crippen LogP) is 4.17. The van der Waals surface area contributed by atoms with Crippen LogP contribution in [0.5, 0.6) is 11.5 Å². The summed E-state index contributed by atoms with van der Waals surface area (Å²) in [6, 6.07) is 3.54. The van der Waals surface area contributed by atoms with Crippen LogP contribution >= 0.6 is 28.3 Å². The summed E-state index contributed by atoms with van der Waals surface area (Å²) in [7, 11) is 1.55. The molecule has 0 spiro atoms. The van der Waals surface area contributed by atoms with Crippen LogP contribution in [0.15, 0.2) is 16.6 Å². The standard InChI is InChI=1S/C14H20BrNO2.ClH/c1-18-12-8-10(15)7-11(14(12)17)13(16)9-5-3-2-4-6-9;/h7-9,13,17H,2-6,16H2,1H3;1H/t13-;/m1./s1. The Kier molecular flexibility index (Phi) is 6.43. The maximum absolute atomic E-state index is 10.2. The fourth-order valence-electron chi connectivity index (χ4n) is 2.75. The molecule has 0 radical (unpaired) electrons. The molecule has 3 N–H and O–H groups in total. The average molecular weight is 351 g/mol. The van der Waals surface area contributed by atoms with Crippen LogP contribution in [-0.2, 0) is 0 Å². The lowest BCUT2D eigenvalue weighted by molar-refractivity contribution is 0.299. The molecule has 1 fully saturated rings. The molecule has 1 aromatic rings. The first-order valence-corrected chi connectivity index (χ1v) is 7.24. The van der Waals surface area contributed by atoms with Crippen molar-refractivity contribution in [3.05, 3.63) is 22.2 Å². The monoisotopic (exact) mass is 349 g/mol. The van der Waals surface area contributed by atoms with E-state index < -0.39 is 0 Å². The molecule has 19 heavy (non-hydrogen) atoms. The number of nitrogens with two attached hydrogens (primary N) is 1. The molecular weight excluding hydrogens is 330 g/mol. The number of phenolic OH excluding ortho intramolecular Hbond substituents is 1. The summed E-state index contributed by atoms with van der Waals surface area (Å²) >= 11 is 3.43. The highest BCUT2D eigenvalue weighted by Crippen LogP contribution is 2.41. The highest BCUT2D eigenvalue weighted by molar-refractivity contribution is 9.10. The van der Waals surface area contributed by atoms with Gasteiger partial charge in [-0.3, -0.25) is 0 Å². The minimum atomic E-state index is -0.114. The first-order chi connectivity index (χ1) is 8.63. The third kappa shape index (κ3) is 3.77. The number of aromatic hydroxyl groups is 1. The molecule has 0 bridgehead atoms. The molecule has 3 nitrogen and oxygen atoms in total. The molecule has 1 atom stereocenters. The molecule has 1 saturated carbocycles. The maximum atomic E-state index is 10.2. The van der Waals surface area contributed by atoms with Gasteiger partial charge >= 0.3 is 0 Å². The zero-order valence-corrected chi connectivity index (χ0v) is 13.5. The quantitative estimate of drug-likeness (QED) is 0.860. The molecule has 108 valence electrons. The highest BCUT2D eigenvalue weighted by Gasteiger charge is 2.25. The van der Waals surface area contributed by atoms with E-state index in [0.717, 1.165) is 22.9 Å². The maximum Gasteiger partial charge on any atom is 0.162 e. The molecule has 0 saturated heterocycles. The van der Waals surface area contributed by atoms with Crippen LogP contribution in [0.1, 0.15) is 43.7 Å². The summed E-state index contributed by atoms with van der Waals surface area (Å²) in [5, 5.41) is 10.2. The minimum absolute atomic E-state index is 0. The third-order valence-electron chi connectivity index (χ3n) is 3.81. The van der Waals surface area contributed by atoms with Gasteiger partial charge in [-0.1, -0.05) is 35.2 Å². The average Bonchev–Trinajstić information content (AvgIpc) is 2.41. The highest BCUT2D eigenvalue weighted by atomic mass is 79.9. The van der Waals surface area contributed by atoms with Crippen molar-refractivity contribution in [1.82, 2.24) is 0 Å². The second-order valence-electron chi connectivity index (χ2n) is 4.97. The van der Waals surface area contributed by atoms with E-state index in [1.807, 2.05) is 6.07 Å². The van der Waals surface area contributed by atoms with Crippen LogP contribution in [0.3, 0.4) is 0 Å². The van der Waals surface area contributed by atoms with Crippen LogP contribution in [0.4, 0.5) is 0 Å². The summed E-state index contributed by atoms with van der Waals surface area (Å²) in [5.74, 6) is 1.12. The Labute approximate surface area is 129 Å². The molecular formula is C14H21BrClNO2. The molecule has 0 unspecified atom stereocenters. The van der Waals surface area contributed by atoms with Crippen molar-refractivity contribution in [2.24, 2.45) is 11.7 Å². The van der Waals surface area contributed by atoms with Gasteiger partial charge in [0.15, 0.2) is 11.5 Å². The molecule has 0 aliphatic heterocycles. The fourth-order valence-corrected chi connectivity index (χ4v) is 3.21. The van der Waals surface area contributed by atoms with E-state index in [1.165, 1.54) is 19.3 Å². The molecule has 2 rings (SSSR count). The van der Waals surface area contributed by atoms with E-state index in [2.05, 4.69) is 15.9 Å². The van der Waals surface area contributed by atoms with Crippen molar-refractivity contribution >= 4 is 28.3 Å². The lowest BCUT2D eigenvalue weighted by Crippen LogP contribution is -2.23. The van der Waals surface area contributed by atoms with Crippen LogP contribution in [0.2, 0.25) is 0 Å². The van der Waals surface area contributed by atoms with Gasteiger partial charge in [0.05, 0.1) is 7.11 Å². The van der Waals surface area contributed by atoms with E-state index in [-0.39, 0.29) is 24.2 Å². The van der Waals surface area contributed by atoms with E-state index in [1.54, 1.807) is 13.2 Å². The molecule has 0 heterocycles. The van der Waals surface area contributed by atoms with E-state index in [9.17, 15) is 5.11 Å². The number of methoxy groups -OCH3 is 1. The van der Waals surface area contributed by atoms with Crippen LogP contribution in [-0.4, -0.2) is 12.2 Å². The van der Waals surface area contributed by atoms with Crippen molar-refractivity contribution in [2.45, 2.75) is 38.1 Å². The Morgan fingerprint density at radius 1 is 1.32 bits per heavy atom. The number of benzene rings is 1. The van der Waals surface area contributed by atoms with Gasteiger partial charge in [-0.15, -0.1) is 12.4 Å². The van der Waals surface area contributed by atoms with E-state index in [0.29, 0.717) is 11.7 Å². The van der Waals surface area contributed by atoms with Crippen molar-refractivity contribution in [3.63, 3.8) is 0 Å². The van der Waals surface area contributed by atoms with Crippen molar-refractivity contribution in [1.29, 1.82) is 0 Å². The second-order valence-corrected chi connectivity index (χ2v) is 5.89. The lowest BCUT2D eigenvalue weighted by Gasteiger charge is -2.28. The Bertz CT molecular complexity index is 422. The zero-order chi connectivity index (χ0) is 13.1. The Morgan fingerprint density at radius 3 is 2.53 bits per heavy atom. The van der Waals surface area contributed by atoms with Gasteiger partial charge in [0, 0.05) is 16.1 Å². The van der Waals surface area contributed by atoms with Gasteiger partial charge in [-0.25, -0.2) is 0 Å². The molecule has 1 aliphatic rings. The normalized spacial score (nSPS) is 17.6. The van der Waals surface area contributed by atoms with E-state index >= 15 is 0 Å². The van der Waals surface area contributed by atoms with Crippen LogP contribution in [0, 0.1) is 5.92 Å². The molecule has 0 aromatic heterocycles. The number of phenols is 1. The summed E-state index contributed by atoms with van der Waals surface area (Å²) in [6.07, 6.45) is 6.08. The Morgan fingerprint density at radius 2 is 1.95 bits per heavy atom. The van der Waals surface area contributed by atoms with Crippen molar-refractivity contribution < 1.29 is 9.84 Å². The summed E-state index contributed by atoms with van der Waals surface area (Å²) < 4.78 is 6.06. The van der Waals surface area contributed by atoms with Crippen LogP contribution < -0.4 is 10.5 Å². The largest absolute Gasteiger partial charge is 0.504 e.